The van der Waals surface area contributed by atoms with Gasteiger partial charge in [-0.05, 0) is 82.9 Å². The van der Waals surface area contributed by atoms with E-state index in [9.17, 15) is 14.4 Å². The van der Waals surface area contributed by atoms with Crippen LogP contribution < -0.4 is 15.2 Å². The Morgan fingerprint density at radius 3 is 1.42 bits per heavy atom. The quantitative estimate of drug-likeness (QED) is 0.204. The van der Waals surface area contributed by atoms with Crippen molar-refractivity contribution in [3.05, 3.63) is 114 Å². The number of benzene rings is 4. The van der Waals surface area contributed by atoms with Crippen LogP contribution in [0, 0.1) is 0 Å². The van der Waals surface area contributed by atoms with E-state index in [2.05, 4.69) is 4.98 Å². The summed E-state index contributed by atoms with van der Waals surface area (Å²) in [4.78, 5) is 35.9. The predicted octanol–water partition coefficient (Wildman–Crippen LogP) is 6.25. The molecule has 222 valence electrons. The second-order valence-corrected chi connectivity index (χ2v) is 9.67. The van der Waals surface area contributed by atoms with Crippen molar-refractivity contribution < 1.29 is 34.1 Å². The first kappa shape index (κ1) is 32.1. The van der Waals surface area contributed by atoms with Gasteiger partial charge in [0.1, 0.15) is 11.5 Å². The molecule has 1 heterocycles. The molecule has 0 aliphatic rings. The molecular formula is C34H34N2O7. The Labute approximate surface area is 249 Å². The van der Waals surface area contributed by atoms with E-state index in [1.807, 2.05) is 72.8 Å². The van der Waals surface area contributed by atoms with Gasteiger partial charge in [0, 0.05) is 12.4 Å². The third kappa shape index (κ3) is 8.77. The first-order valence-corrected chi connectivity index (χ1v) is 13.3. The van der Waals surface area contributed by atoms with E-state index < -0.39 is 29.7 Å². The fraction of sp³-hybridized carbons (Fsp3) is 0.176. The van der Waals surface area contributed by atoms with Gasteiger partial charge in [-0.2, -0.15) is 0 Å². The highest BCUT2D eigenvalue weighted by molar-refractivity contribution is 5.92. The molecule has 0 saturated heterocycles. The summed E-state index contributed by atoms with van der Waals surface area (Å²) in [5.74, 6) is -1.42. The van der Waals surface area contributed by atoms with Gasteiger partial charge in [0.05, 0.1) is 31.6 Å². The van der Waals surface area contributed by atoms with Crippen LogP contribution >= 0.6 is 0 Å². The smallest absolute Gasteiger partial charge is 0.310 e. The van der Waals surface area contributed by atoms with Gasteiger partial charge in [-0.25, -0.2) is 0 Å². The molecule has 43 heavy (non-hydrogen) atoms. The van der Waals surface area contributed by atoms with Crippen LogP contribution in [0.25, 0.3) is 21.5 Å². The van der Waals surface area contributed by atoms with Crippen molar-refractivity contribution in [3.8, 4) is 11.5 Å². The molecule has 0 unspecified atom stereocenters. The number of primary amides is 1. The standard InChI is InChI=1S/2C14H14O3.C6H6N2O/c2*1-9(14(15)16)10-3-4-12-8-13(17-2)6-5-11(12)7-10;7-6(9)5-2-1-3-8-4-5/h2*3-9H,1-2H3,(H,15,16);1-4H,(H2,7,9)/t2*9-;/m10./s1. The maximum Gasteiger partial charge on any atom is 0.310 e. The van der Waals surface area contributed by atoms with Crippen molar-refractivity contribution in [1.29, 1.82) is 0 Å². The SMILES string of the molecule is COc1ccc2cc([C@@H](C)C(=O)O)ccc2c1.COc1ccc2cc([C@H](C)C(=O)O)ccc2c1.NC(=O)c1cccnc1. The summed E-state index contributed by atoms with van der Waals surface area (Å²) in [6, 6.07) is 26.1. The Morgan fingerprint density at radius 2 is 1.09 bits per heavy atom. The van der Waals surface area contributed by atoms with E-state index in [4.69, 9.17) is 25.4 Å². The number of aliphatic carboxylic acids is 2. The number of carboxylic acids is 2. The van der Waals surface area contributed by atoms with Crippen molar-refractivity contribution in [1.82, 2.24) is 4.98 Å². The molecular weight excluding hydrogens is 548 g/mol. The number of hydrogen-bond acceptors (Lipinski definition) is 6. The number of ether oxygens (including phenoxy) is 2. The number of carboxylic acid groups (broad SMARTS) is 2. The zero-order valence-corrected chi connectivity index (χ0v) is 24.4. The summed E-state index contributed by atoms with van der Waals surface area (Å²) in [6.07, 6.45) is 3.02. The number of nitrogens with zero attached hydrogens (tertiary/aromatic N) is 1. The highest BCUT2D eigenvalue weighted by Crippen LogP contribution is 2.26. The Balaban J connectivity index is 0.000000186. The van der Waals surface area contributed by atoms with E-state index in [0.29, 0.717) is 5.56 Å². The first-order chi connectivity index (χ1) is 20.5. The predicted molar refractivity (Wildman–Crippen MR) is 166 cm³/mol. The van der Waals surface area contributed by atoms with E-state index in [-0.39, 0.29) is 0 Å². The molecule has 0 aliphatic carbocycles. The second kappa shape index (κ2) is 15.0. The average Bonchev–Trinajstić information content (AvgIpc) is 3.03. The van der Waals surface area contributed by atoms with Crippen molar-refractivity contribution >= 4 is 39.4 Å². The van der Waals surface area contributed by atoms with Crippen molar-refractivity contribution in [2.45, 2.75) is 25.7 Å². The zero-order valence-electron chi connectivity index (χ0n) is 24.4. The molecule has 1 amide bonds. The number of carbonyl (C=O) groups excluding carboxylic acids is 1. The maximum absolute atomic E-state index is 10.9. The van der Waals surface area contributed by atoms with Crippen molar-refractivity contribution in [2.75, 3.05) is 14.2 Å². The van der Waals surface area contributed by atoms with Gasteiger partial charge < -0.3 is 25.4 Å². The van der Waals surface area contributed by atoms with Crippen LogP contribution in [0.2, 0.25) is 0 Å². The van der Waals surface area contributed by atoms with Crippen molar-refractivity contribution in [2.24, 2.45) is 5.73 Å². The number of rotatable bonds is 7. The van der Waals surface area contributed by atoms with Crippen LogP contribution in [0.3, 0.4) is 0 Å². The van der Waals surface area contributed by atoms with E-state index >= 15 is 0 Å². The van der Waals surface area contributed by atoms with Gasteiger partial charge in [-0.1, -0.05) is 48.5 Å². The molecule has 4 N–H and O–H groups in total. The monoisotopic (exact) mass is 582 g/mol. The summed E-state index contributed by atoms with van der Waals surface area (Å²) < 4.78 is 10.3. The lowest BCUT2D eigenvalue weighted by Gasteiger charge is -2.08. The fourth-order valence-electron chi connectivity index (χ4n) is 4.07. The Bertz CT molecular complexity index is 1620. The molecule has 0 spiro atoms. The summed E-state index contributed by atoms with van der Waals surface area (Å²) in [5.41, 5.74) is 7.01. The molecule has 0 fully saturated rings. The maximum atomic E-state index is 10.9. The van der Waals surface area contributed by atoms with Gasteiger partial charge in [0.2, 0.25) is 5.91 Å². The largest absolute Gasteiger partial charge is 0.497 e. The lowest BCUT2D eigenvalue weighted by molar-refractivity contribution is -0.139. The summed E-state index contributed by atoms with van der Waals surface area (Å²) in [7, 11) is 3.25. The molecule has 2 atom stereocenters. The van der Waals surface area contributed by atoms with Crippen LogP contribution in [0.15, 0.2) is 97.3 Å². The number of hydrogen-bond donors (Lipinski definition) is 3. The topological polar surface area (TPSA) is 149 Å². The molecule has 0 radical (unpaired) electrons. The van der Waals surface area contributed by atoms with Gasteiger partial charge in [-0.3, -0.25) is 19.4 Å². The van der Waals surface area contributed by atoms with Crippen LogP contribution in [-0.4, -0.2) is 47.3 Å². The zero-order chi connectivity index (χ0) is 31.5. The highest BCUT2D eigenvalue weighted by atomic mass is 16.5. The number of methoxy groups -OCH3 is 2. The van der Waals surface area contributed by atoms with Crippen LogP contribution in [0.1, 0.15) is 47.2 Å². The van der Waals surface area contributed by atoms with Crippen LogP contribution in [0.4, 0.5) is 0 Å². The van der Waals surface area contributed by atoms with Gasteiger partial charge in [0.15, 0.2) is 0 Å². The Hall–Kier alpha value is -5.44. The third-order valence-electron chi connectivity index (χ3n) is 6.83. The summed E-state index contributed by atoms with van der Waals surface area (Å²) >= 11 is 0. The molecule has 1 aromatic heterocycles. The fourth-order valence-corrected chi connectivity index (χ4v) is 4.07. The minimum Gasteiger partial charge on any atom is -0.497 e. The summed E-state index contributed by atoms with van der Waals surface area (Å²) in [5, 5.41) is 22.1. The third-order valence-corrected chi connectivity index (χ3v) is 6.83. The van der Waals surface area contributed by atoms with Crippen LogP contribution in [0.5, 0.6) is 11.5 Å². The number of fused-ring (bicyclic) bond motifs is 2. The Kier molecular flexibility index (Phi) is 11.2. The van der Waals surface area contributed by atoms with E-state index in [0.717, 1.165) is 44.2 Å². The van der Waals surface area contributed by atoms with Gasteiger partial charge in [-0.15, -0.1) is 0 Å². The molecule has 5 rings (SSSR count). The Morgan fingerprint density at radius 1 is 0.674 bits per heavy atom. The highest BCUT2D eigenvalue weighted by Gasteiger charge is 2.14. The van der Waals surface area contributed by atoms with E-state index in [1.165, 1.54) is 6.20 Å². The van der Waals surface area contributed by atoms with E-state index in [1.54, 1.807) is 46.4 Å². The number of carbonyl (C=O) groups is 3. The van der Waals surface area contributed by atoms with Gasteiger partial charge in [0.25, 0.3) is 0 Å². The molecule has 0 saturated carbocycles. The molecule has 0 aliphatic heterocycles. The average molecular weight is 583 g/mol. The molecule has 4 aromatic carbocycles. The lowest BCUT2D eigenvalue weighted by Crippen LogP contribution is -2.10. The molecule has 0 bridgehead atoms. The van der Waals surface area contributed by atoms with Crippen LogP contribution in [-0.2, 0) is 9.59 Å². The minimum atomic E-state index is -0.808. The molecule has 5 aromatic rings. The number of aromatic nitrogens is 1. The minimum absolute atomic E-state index is 0.442. The van der Waals surface area contributed by atoms with Gasteiger partial charge >= 0.3 is 11.9 Å². The number of amides is 1. The first-order valence-electron chi connectivity index (χ1n) is 13.3. The normalized spacial score (nSPS) is 11.6. The second-order valence-electron chi connectivity index (χ2n) is 9.67. The van der Waals surface area contributed by atoms with Crippen molar-refractivity contribution in [3.63, 3.8) is 0 Å². The number of nitrogens with two attached hydrogens (primary N) is 1. The molecule has 9 nitrogen and oxygen atoms in total. The molecule has 9 heteroatoms. The number of pyridine rings is 1. The summed E-state index contributed by atoms with van der Waals surface area (Å²) in [6.45, 7) is 3.38. The lowest BCUT2D eigenvalue weighted by atomic mass is 9.98.